The monoisotopic (exact) mass is 357 g/mol. The van der Waals surface area contributed by atoms with E-state index >= 15 is 0 Å². The fourth-order valence-corrected chi connectivity index (χ4v) is 0. The number of rotatable bonds is 0. The fourth-order valence-electron chi connectivity index (χ4n) is 0. The van der Waals surface area contributed by atoms with Gasteiger partial charge in [-0.3, -0.25) is 0 Å². The van der Waals surface area contributed by atoms with Gasteiger partial charge >= 0.3 is 0 Å². The van der Waals surface area contributed by atoms with E-state index in [1.807, 2.05) is 0 Å². The first-order valence-electron chi connectivity index (χ1n) is 0. The van der Waals surface area contributed by atoms with E-state index in [1.165, 1.54) is 0 Å². The summed E-state index contributed by atoms with van der Waals surface area (Å²) in [5, 5.41) is 0. The molecule has 0 amide bonds. The first-order valence-corrected chi connectivity index (χ1v) is 0. The summed E-state index contributed by atoms with van der Waals surface area (Å²) in [6.07, 6.45) is 0. The van der Waals surface area contributed by atoms with Crippen molar-refractivity contribution < 1.29 is 104 Å². The molecule has 0 N–H and O–H groups in total. The summed E-state index contributed by atoms with van der Waals surface area (Å²) < 4.78 is 0. The van der Waals surface area contributed by atoms with Crippen LogP contribution >= 0.6 is 0 Å². The van der Waals surface area contributed by atoms with E-state index in [9.17, 15) is 0 Å². The molecule has 0 spiro atoms. The first-order chi connectivity index (χ1) is 0. The summed E-state index contributed by atoms with van der Waals surface area (Å²) in [7, 11) is 0. The second-order valence-corrected chi connectivity index (χ2v) is 0. The first kappa shape index (κ1) is 26.2. The SMILES string of the molecule is [Ce].[Cu].[Zn].[Zr]. The van der Waals surface area contributed by atoms with E-state index in [4.69, 9.17) is 0 Å². The van der Waals surface area contributed by atoms with Crippen molar-refractivity contribution in [2.75, 3.05) is 0 Å². The molecule has 0 aromatic heterocycles. The van der Waals surface area contributed by atoms with Crippen molar-refractivity contribution >= 4 is 0 Å². The van der Waals surface area contributed by atoms with E-state index < -0.39 is 0 Å². The molecule has 0 saturated carbocycles. The van der Waals surface area contributed by atoms with Gasteiger partial charge in [-0.2, -0.15) is 0 Å². The van der Waals surface area contributed by atoms with Gasteiger partial charge in [0, 0.05) is 104 Å². The third-order valence-electron chi connectivity index (χ3n) is 0. The Hall–Kier alpha value is 3.40. The Labute approximate surface area is 102 Å². The van der Waals surface area contributed by atoms with Gasteiger partial charge in [-0.1, -0.05) is 0 Å². The molecule has 0 aliphatic rings. The molecule has 0 aliphatic heterocycles. The molecule has 4 heavy (non-hydrogen) atoms. The van der Waals surface area contributed by atoms with Crippen LogP contribution in [0.15, 0.2) is 0 Å². The van der Waals surface area contributed by atoms with E-state index in [0.29, 0.717) is 0 Å². The molecule has 0 fully saturated rings. The quantitative estimate of drug-likeness (QED) is 0.534. The van der Waals surface area contributed by atoms with Crippen molar-refractivity contribution in [1.29, 1.82) is 0 Å². The molecule has 0 unspecified atom stereocenters. The van der Waals surface area contributed by atoms with Crippen molar-refractivity contribution in [3.05, 3.63) is 0 Å². The molecule has 0 saturated heterocycles. The van der Waals surface area contributed by atoms with Crippen LogP contribution in [-0.2, 0) is 62.8 Å². The Kier molecular flexibility index (Phi) is 106. The molecular weight excluding hydrogens is 360 g/mol. The maximum absolute atomic E-state index is 0. The predicted molar refractivity (Wildman–Crippen MR) is 0 cm³/mol. The molecule has 0 atom stereocenters. The van der Waals surface area contributed by atoms with Crippen LogP contribution in [0.25, 0.3) is 0 Å². The van der Waals surface area contributed by atoms with E-state index in [1.54, 1.807) is 0 Å². The second-order valence-electron chi connectivity index (χ2n) is 0. The maximum Gasteiger partial charge on any atom is 0 e. The fraction of sp³-hybridized carbons (Fsp3) is 0. The van der Waals surface area contributed by atoms with Gasteiger partial charge in [0.05, 0.1) is 0 Å². The zero-order valence-corrected chi connectivity index (χ0v) is 11.5. The molecule has 21 valence electrons. The van der Waals surface area contributed by atoms with Crippen LogP contribution in [0.3, 0.4) is 0 Å². The molecule has 0 rings (SSSR count). The molecule has 0 heterocycles. The Balaban J connectivity index is 0. The van der Waals surface area contributed by atoms with E-state index in [0.717, 1.165) is 0 Å². The molecular formula is CeCuZnZr. The third kappa shape index (κ3) is 9.04. The Bertz CT molecular complexity index is 8.00. The van der Waals surface area contributed by atoms with Crippen molar-refractivity contribution in [2.24, 2.45) is 0 Å². The molecule has 0 bridgehead atoms. The molecule has 0 aromatic carbocycles. The Morgan fingerprint density at radius 1 is 1.00 bits per heavy atom. The summed E-state index contributed by atoms with van der Waals surface area (Å²) in [5.74, 6) is 0. The van der Waals surface area contributed by atoms with Gasteiger partial charge in [0.15, 0.2) is 0 Å². The minimum Gasteiger partial charge on any atom is 0 e. The average molecular weight is 360 g/mol. The second kappa shape index (κ2) is 16.1. The minimum absolute atomic E-state index is 0. The van der Waals surface area contributed by atoms with Crippen LogP contribution in [0.4, 0.5) is 0 Å². The molecule has 1 radical (unpaired) electrons. The van der Waals surface area contributed by atoms with Crippen LogP contribution in [0, 0.1) is 41.7 Å². The summed E-state index contributed by atoms with van der Waals surface area (Å²) >= 11 is 0. The van der Waals surface area contributed by atoms with Crippen LogP contribution in [0.2, 0.25) is 0 Å². The standard InChI is InChI=1S/Ce.Cu.Zn.Zr. The van der Waals surface area contributed by atoms with Crippen molar-refractivity contribution in [2.45, 2.75) is 0 Å². The van der Waals surface area contributed by atoms with Gasteiger partial charge in [0.1, 0.15) is 0 Å². The van der Waals surface area contributed by atoms with Gasteiger partial charge in [-0.05, 0) is 0 Å². The maximum atomic E-state index is 0. The zero-order valence-electron chi connectivity index (χ0n) is 2.01. The Morgan fingerprint density at radius 3 is 1.00 bits per heavy atom. The largest absolute Gasteiger partial charge is 0 e. The van der Waals surface area contributed by atoms with Crippen molar-refractivity contribution in [3.8, 4) is 0 Å². The van der Waals surface area contributed by atoms with Gasteiger partial charge in [0.2, 0.25) is 0 Å². The summed E-state index contributed by atoms with van der Waals surface area (Å²) in [4.78, 5) is 0. The van der Waals surface area contributed by atoms with Gasteiger partial charge < -0.3 is 0 Å². The summed E-state index contributed by atoms with van der Waals surface area (Å²) in [6.45, 7) is 0. The molecule has 0 nitrogen and oxygen atoms in total. The topological polar surface area (TPSA) is 0 Å². The number of hydrogen-bond donors (Lipinski definition) is 0. The smallest absolute Gasteiger partial charge is 0 e. The summed E-state index contributed by atoms with van der Waals surface area (Å²) in [5.41, 5.74) is 0. The van der Waals surface area contributed by atoms with Crippen LogP contribution in [-0.4, -0.2) is 0 Å². The van der Waals surface area contributed by atoms with E-state index in [-0.39, 0.29) is 104 Å². The van der Waals surface area contributed by atoms with Crippen LogP contribution < -0.4 is 0 Å². The number of hydrogen-bond acceptors (Lipinski definition) is 0. The predicted octanol–water partition coefficient (Wildman–Crippen LogP) is -0.00750. The Morgan fingerprint density at radius 2 is 1.00 bits per heavy atom. The van der Waals surface area contributed by atoms with E-state index in [2.05, 4.69) is 0 Å². The van der Waals surface area contributed by atoms with Gasteiger partial charge in [0.25, 0.3) is 0 Å². The van der Waals surface area contributed by atoms with Crippen molar-refractivity contribution in [3.63, 3.8) is 0 Å². The molecule has 4 heteroatoms. The van der Waals surface area contributed by atoms with Crippen LogP contribution in [0.1, 0.15) is 0 Å². The average Bonchev–Trinajstić information content (AvgIpc) is 0. The normalized spacial score (nSPS) is 0. The summed E-state index contributed by atoms with van der Waals surface area (Å²) in [6, 6.07) is 0. The zero-order chi connectivity index (χ0) is 0. The van der Waals surface area contributed by atoms with Gasteiger partial charge in [-0.15, -0.1) is 0 Å². The van der Waals surface area contributed by atoms with Crippen molar-refractivity contribution in [1.82, 2.24) is 0 Å². The molecule has 0 aliphatic carbocycles. The molecule has 0 aromatic rings. The third-order valence-corrected chi connectivity index (χ3v) is 0. The van der Waals surface area contributed by atoms with Gasteiger partial charge in [-0.25, -0.2) is 0 Å². The van der Waals surface area contributed by atoms with Crippen LogP contribution in [0.5, 0.6) is 0 Å². The minimum atomic E-state index is 0.